The molecule has 0 spiro atoms. The van der Waals surface area contributed by atoms with E-state index in [4.69, 9.17) is 4.74 Å². The maximum atomic E-state index is 12.7. The first-order valence-corrected chi connectivity index (χ1v) is 11.2. The number of Topliss-reactive ketones (excluding diaryl/α,β-unsaturated/α-hetero) is 1. The molecule has 3 rings (SSSR count). The number of rotatable bonds is 4. The van der Waals surface area contributed by atoms with Crippen LogP contribution in [0.25, 0.3) is 0 Å². The van der Waals surface area contributed by atoms with Gasteiger partial charge in [-0.25, -0.2) is 0 Å². The molecule has 1 aromatic carbocycles. The predicted octanol–water partition coefficient (Wildman–Crippen LogP) is 3.71. The first-order valence-electron chi connectivity index (χ1n) is 9.39. The number of esters is 1. The van der Waals surface area contributed by atoms with Crippen LogP contribution in [0.1, 0.15) is 46.5 Å². The number of allylic oxidation sites excluding steroid dienone is 2. The summed E-state index contributed by atoms with van der Waals surface area (Å²) >= 11 is 0.276. The van der Waals surface area contributed by atoms with E-state index in [1.54, 1.807) is 0 Å². The van der Waals surface area contributed by atoms with Crippen molar-refractivity contribution in [1.82, 2.24) is 0 Å². The Morgan fingerprint density at radius 3 is 2.62 bits per heavy atom. The minimum absolute atomic E-state index is 0.0835. The fourth-order valence-corrected chi connectivity index (χ4v) is 7.46. The van der Waals surface area contributed by atoms with Gasteiger partial charge < -0.3 is 0 Å². The number of methoxy groups -OCH3 is 1. The summed E-state index contributed by atoms with van der Waals surface area (Å²) in [7, 11) is 1.46. The van der Waals surface area contributed by atoms with Gasteiger partial charge in [0.2, 0.25) is 0 Å². The van der Waals surface area contributed by atoms with Gasteiger partial charge in [0.1, 0.15) is 0 Å². The topological polar surface area (TPSA) is 43.4 Å². The molecular formula is C22H28O3Se. The van der Waals surface area contributed by atoms with Crippen molar-refractivity contribution >= 4 is 31.2 Å². The van der Waals surface area contributed by atoms with Crippen molar-refractivity contribution in [2.45, 2.75) is 51.3 Å². The van der Waals surface area contributed by atoms with Crippen LogP contribution in [0, 0.1) is 17.3 Å². The summed E-state index contributed by atoms with van der Waals surface area (Å²) in [5.74, 6) is 0.326. The summed E-state index contributed by atoms with van der Waals surface area (Å²) in [5.41, 5.74) is 2.35. The molecule has 2 aliphatic carbocycles. The number of hydrogen-bond acceptors (Lipinski definition) is 3. The Labute approximate surface area is 162 Å². The Morgan fingerprint density at radius 2 is 1.96 bits per heavy atom. The molecule has 1 saturated carbocycles. The second kappa shape index (κ2) is 7.70. The van der Waals surface area contributed by atoms with Gasteiger partial charge in [0.05, 0.1) is 0 Å². The second-order valence-corrected chi connectivity index (χ2v) is 10.6. The molecule has 0 amide bonds. The van der Waals surface area contributed by atoms with E-state index < -0.39 is 0 Å². The summed E-state index contributed by atoms with van der Waals surface area (Å²) in [6.45, 7) is 6.31. The average molecular weight is 419 g/mol. The standard InChI is InChI=1S/C22H28O3Se/c1-14(21(24)25-4)16-10-11-22(3)18(12-16)15(2)19(23)13-20(22)26-17-8-6-5-7-9-17/h5-9,14,16,20H,10-13H2,1-4H3/t14?,16-,20-,22-/m1/s1. The van der Waals surface area contributed by atoms with Gasteiger partial charge in [-0.3, -0.25) is 0 Å². The van der Waals surface area contributed by atoms with Crippen molar-refractivity contribution in [3.63, 3.8) is 0 Å². The van der Waals surface area contributed by atoms with Gasteiger partial charge in [0.25, 0.3) is 0 Å². The molecule has 140 valence electrons. The van der Waals surface area contributed by atoms with Crippen molar-refractivity contribution in [2.24, 2.45) is 17.3 Å². The van der Waals surface area contributed by atoms with Crippen molar-refractivity contribution in [2.75, 3.05) is 7.11 Å². The maximum absolute atomic E-state index is 12.7. The third-order valence-electron chi connectivity index (χ3n) is 6.44. The molecule has 0 saturated heterocycles. The molecule has 0 aliphatic heterocycles. The van der Waals surface area contributed by atoms with Crippen molar-refractivity contribution in [3.05, 3.63) is 41.5 Å². The summed E-state index contributed by atoms with van der Waals surface area (Å²) in [6, 6.07) is 10.6. The van der Waals surface area contributed by atoms with Crippen molar-refractivity contribution in [1.29, 1.82) is 0 Å². The third-order valence-corrected chi connectivity index (χ3v) is 9.62. The third kappa shape index (κ3) is 3.54. The van der Waals surface area contributed by atoms with E-state index in [1.165, 1.54) is 17.1 Å². The van der Waals surface area contributed by atoms with Crippen LogP contribution < -0.4 is 4.46 Å². The molecular weight excluding hydrogens is 391 g/mol. The predicted molar refractivity (Wildman–Crippen MR) is 105 cm³/mol. The number of ether oxygens (including phenoxy) is 1. The molecule has 0 radical (unpaired) electrons. The zero-order valence-electron chi connectivity index (χ0n) is 16.1. The fourth-order valence-electron chi connectivity index (χ4n) is 4.53. The van der Waals surface area contributed by atoms with Gasteiger partial charge in [-0.15, -0.1) is 0 Å². The summed E-state index contributed by atoms with van der Waals surface area (Å²) in [4.78, 5) is 25.1. The SMILES string of the molecule is COC(=O)C(C)[C@@H]1CC[C@]2(C)C(=C(C)C(=O)C[C@H]2[Se]c2ccccc2)C1. The zero-order valence-corrected chi connectivity index (χ0v) is 17.8. The van der Waals surface area contributed by atoms with E-state index in [1.807, 2.05) is 19.9 Å². The molecule has 3 nitrogen and oxygen atoms in total. The summed E-state index contributed by atoms with van der Waals surface area (Å²) in [6.07, 6.45) is 3.60. The molecule has 4 heteroatoms. The van der Waals surface area contributed by atoms with Gasteiger partial charge in [-0.1, -0.05) is 0 Å². The van der Waals surface area contributed by atoms with E-state index in [0.717, 1.165) is 24.8 Å². The second-order valence-electron chi connectivity index (χ2n) is 7.88. The number of benzene rings is 1. The van der Waals surface area contributed by atoms with E-state index in [0.29, 0.717) is 17.0 Å². The van der Waals surface area contributed by atoms with Crippen LogP contribution in [0.15, 0.2) is 41.5 Å². The van der Waals surface area contributed by atoms with Crippen LogP contribution in [-0.4, -0.2) is 33.8 Å². The molecule has 26 heavy (non-hydrogen) atoms. The Hall–Kier alpha value is -1.38. The number of hydrogen-bond donors (Lipinski definition) is 0. The van der Waals surface area contributed by atoms with Gasteiger partial charge in [-0.05, 0) is 0 Å². The van der Waals surface area contributed by atoms with Gasteiger partial charge in [0, 0.05) is 0 Å². The van der Waals surface area contributed by atoms with Gasteiger partial charge in [-0.2, -0.15) is 0 Å². The van der Waals surface area contributed by atoms with E-state index in [9.17, 15) is 9.59 Å². The Bertz CT molecular complexity index is 724. The van der Waals surface area contributed by atoms with Crippen LogP contribution in [-0.2, 0) is 14.3 Å². The fraction of sp³-hybridized carbons (Fsp3) is 0.545. The van der Waals surface area contributed by atoms with Gasteiger partial charge >= 0.3 is 163 Å². The monoisotopic (exact) mass is 420 g/mol. The molecule has 0 heterocycles. The van der Waals surface area contributed by atoms with Crippen molar-refractivity contribution in [3.8, 4) is 0 Å². The average Bonchev–Trinajstić information content (AvgIpc) is 2.66. The first kappa shape index (κ1) is 19.4. The summed E-state index contributed by atoms with van der Waals surface area (Å²) < 4.78 is 6.32. The normalized spacial score (nSPS) is 29.9. The number of fused-ring (bicyclic) bond motifs is 1. The quantitative estimate of drug-likeness (QED) is 0.552. The van der Waals surface area contributed by atoms with Crippen LogP contribution >= 0.6 is 0 Å². The van der Waals surface area contributed by atoms with Crippen LogP contribution in [0.4, 0.5) is 0 Å². The van der Waals surface area contributed by atoms with Crippen LogP contribution in [0.5, 0.6) is 0 Å². The molecule has 1 unspecified atom stereocenters. The Kier molecular flexibility index (Phi) is 5.74. The van der Waals surface area contributed by atoms with Crippen molar-refractivity contribution < 1.29 is 14.3 Å². The van der Waals surface area contributed by atoms with Crippen LogP contribution in [0.2, 0.25) is 4.82 Å². The van der Waals surface area contributed by atoms with E-state index in [2.05, 4.69) is 31.2 Å². The number of carbonyl (C=O) groups is 2. The molecule has 0 aromatic heterocycles. The molecule has 2 aliphatic rings. The molecule has 0 N–H and O–H groups in total. The first-order chi connectivity index (χ1) is 12.4. The Morgan fingerprint density at radius 1 is 1.27 bits per heavy atom. The zero-order chi connectivity index (χ0) is 18.9. The van der Waals surface area contributed by atoms with Gasteiger partial charge in [0.15, 0.2) is 0 Å². The van der Waals surface area contributed by atoms with Crippen LogP contribution in [0.3, 0.4) is 0 Å². The van der Waals surface area contributed by atoms with E-state index >= 15 is 0 Å². The number of ketones is 1. The molecule has 0 bridgehead atoms. The number of carbonyl (C=O) groups excluding carboxylic acids is 2. The molecule has 1 fully saturated rings. The summed E-state index contributed by atoms with van der Waals surface area (Å²) in [5, 5.41) is 0. The van der Waals surface area contributed by atoms with E-state index in [-0.39, 0.29) is 38.2 Å². The molecule has 4 atom stereocenters. The minimum atomic E-state index is -0.135. The molecule has 1 aromatic rings. The Balaban J connectivity index is 1.87.